The summed E-state index contributed by atoms with van der Waals surface area (Å²) in [4.78, 5) is 17.2. The predicted octanol–water partition coefficient (Wildman–Crippen LogP) is 3.58. The topological polar surface area (TPSA) is 65.4 Å². The van der Waals surface area contributed by atoms with Crippen molar-refractivity contribution in [1.29, 1.82) is 0 Å². The second-order valence-electron chi connectivity index (χ2n) is 6.90. The van der Waals surface area contributed by atoms with Crippen molar-refractivity contribution in [3.63, 3.8) is 0 Å². The molecule has 0 aliphatic carbocycles. The van der Waals surface area contributed by atoms with Gasteiger partial charge in [0.15, 0.2) is 0 Å². The fourth-order valence-electron chi connectivity index (χ4n) is 2.88. The molecular weight excluding hydrogens is 550 g/mol. The third-order valence-corrected chi connectivity index (χ3v) is 5.36. The van der Waals surface area contributed by atoms with Crippen molar-refractivity contribution in [2.75, 3.05) is 6.61 Å². The van der Waals surface area contributed by atoms with E-state index in [0.717, 1.165) is 22.7 Å². The standard InChI is InChI=1S/C23H25N3O3.W/c1-18(2)29-19-10-11-21-20(17-19)23(27)25-12-6-3-5-9-22-24-13-15-26(22)14-7-4-8-16-28-21;/h3-6,8,10-13,15,17-18H,7,14,16H2,1-2H3,(H,25,27);. The third kappa shape index (κ3) is 6.14. The molecule has 0 saturated heterocycles. The number of carbonyl (C=O) groups excluding carboxylic acids is 1. The Hall–Kier alpha value is -2.72. The number of nitrogens with one attached hydrogen (secondary N) is 1. The Morgan fingerprint density at radius 3 is 2.97 bits per heavy atom. The van der Waals surface area contributed by atoms with Gasteiger partial charge < -0.3 is 0 Å². The number of rotatable bonds is 2. The first-order chi connectivity index (χ1) is 14.5. The summed E-state index contributed by atoms with van der Waals surface area (Å²) in [6.07, 6.45) is 16.1. The first kappa shape index (κ1) is 22.0. The predicted molar refractivity (Wildman–Crippen MR) is 114 cm³/mol. The van der Waals surface area contributed by atoms with Gasteiger partial charge in [0.25, 0.3) is 0 Å². The third-order valence-electron chi connectivity index (χ3n) is 4.21. The summed E-state index contributed by atoms with van der Waals surface area (Å²) in [6, 6.07) is 5.31. The molecule has 1 aromatic heterocycles. The van der Waals surface area contributed by atoms with E-state index in [1.54, 1.807) is 24.4 Å². The number of ether oxygens (including phenoxy) is 2. The second-order valence-corrected chi connectivity index (χ2v) is 8.48. The van der Waals surface area contributed by atoms with Crippen LogP contribution in [-0.2, 0) is 25.9 Å². The van der Waals surface area contributed by atoms with Gasteiger partial charge in [-0.15, -0.1) is 0 Å². The van der Waals surface area contributed by atoms with Crippen molar-refractivity contribution in [3.05, 3.63) is 78.6 Å². The summed E-state index contributed by atoms with van der Waals surface area (Å²) in [5.74, 6) is 1.87. The van der Waals surface area contributed by atoms with Crippen LogP contribution in [0.25, 0.3) is 0 Å². The number of fused-ring (bicyclic) bond motifs is 2. The minimum atomic E-state index is -0.251. The molecule has 0 unspecified atom stereocenters. The van der Waals surface area contributed by atoms with Gasteiger partial charge in [-0.05, 0) is 13.8 Å². The molecule has 0 fully saturated rings. The summed E-state index contributed by atoms with van der Waals surface area (Å²) in [5.41, 5.74) is 0.437. The van der Waals surface area contributed by atoms with Crippen LogP contribution in [-0.4, -0.2) is 32.1 Å². The summed E-state index contributed by atoms with van der Waals surface area (Å²) in [7, 11) is 0. The SMILES string of the molecule is CC(C)Oc1ccc2c(c1)C(=O)NC=CC=C[C](=[W])c1nccn1CCC=CCO2. The van der Waals surface area contributed by atoms with E-state index >= 15 is 0 Å². The summed E-state index contributed by atoms with van der Waals surface area (Å²) < 4.78 is 14.9. The number of allylic oxidation sites excluding steroid dienone is 4. The molecule has 2 aromatic rings. The molecule has 1 aliphatic heterocycles. The molecule has 7 heteroatoms. The molecule has 0 radical (unpaired) electrons. The van der Waals surface area contributed by atoms with E-state index in [2.05, 4.69) is 20.9 Å². The summed E-state index contributed by atoms with van der Waals surface area (Å²) >= 11 is 1.33. The average molecular weight is 575 g/mol. The van der Waals surface area contributed by atoms with Crippen LogP contribution >= 0.6 is 0 Å². The molecule has 0 bridgehead atoms. The molecular formula is C23H25N3O3W. The molecule has 6 nitrogen and oxygen atoms in total. The zero-order valence-electron chi connectivity index (χ0n) is 17.1. The van der Waals surface area contributed by atoms with Crippen molar-refractivity contribution >= 4 is 9.81 Å². The zero-order chi connectivity index (χ0) is 21.3. The maximum atomic E-state index is 12.7. The second kappa shape index (κ2) is 10.9. The van der Waals surface area contributed by atoms with Crippen LogP contribution in [0.15, 0.2) is 67.2 Å². The average Bonchev–Trinajstić information content (AvgIpc) is 3.18. The van der Waals surface area contributed by atoms with Crippen LogP contribution in [0.5, 0.6) is 11.5 Å². The van der Waals surface area contributed by atoms with Crippen molar-refractivity contribution in [1.82, 2.24) is 14.9 Å². The number of amides is 1. The molecule has 156 valence electrons. The Morgan fingerprint density at radius 1 is 1.27 bits per heavy atom. The monoisotopic (exact) mass is 575 g/mol. The molecule has 1 N–H and O–H groups in total. The van der Waals surface area contributed by atoms with Gasteiger partial charge in [0.1, 0.15) is 0 Å². The van der Waals surface area contributed by atoms with E-state index in [-0.39, 0.29) is 12.0 Å². The summed E-state index contributed by atoms with van der Waals surface area (Å²) in [6.45, 7) is 5.12. The Morgan fingerprint density at radius 2 is 2.13 bits per heavy atom. The minimum absolute atomic E-state index is 0.0198. The number of aryl methyl sites for hydroxylation is 1. The van der Waals surface area contributed by atoms with Gasteiger partial charge in [-0.1, -0.05) is 0 Å². The molecule has 1 amide bonds. The molecule has 30 heavy (non-hydrogen) atoms. The normalized spacial score (nSPS) is 15.2. The maximum absolute atomic E-state index is 12.7. The Balaban J connectivity index is 1.84. The van der Waals surface area contributed by atoms with E-state index in [4.69, 9.17) is 9.47 Å². The van der Waals surface area contributed by atoms with Crippen LogP contribution in [0, 0.1) is 0 Å². The van der Waals surface area contributed by atoms with E-state index < -0.39 is 0 Å². The number of hydrogen-bond acceptors (Lipinski definition) is 4. The van der Waals surface area contributed by atoms with Gasteiger partial charge in [0.2, 0.25) is 0 Å². The van der Waals surface area contributed by atoms with Crippen LogP contribution < -0.4 is 14.8 Å². The molecule has 1 aliphatic rings. The fraction of sp³-hybridized carbons (Fsp3) is 0.261. The van der Waals surface area contributed by atoms with Crippen LogP contribution in [0.1, 0.15) is 36.5 Å². The molecule has 0 saturated carbocycles. The number of nitrogens with zero attached hydrogens (tertiary/aromatic N) is 2. The van der Waals surface area contributed by atoms with Gasteiger partial charge in [-0.3, -0.25) is 0 Å². The Bertz CT molecular complexity index is 989. The number of carbonyl (C=O) groups is 1. The number of imidazole rings is 1. The van der Waals surface area contributed by atoms with Gasteiger partial charge in [-0.2, -0.15) is 0 Å². The van der Waals surface area contributed by atoms with E-state index in [0.29, 0.717) is 23.7 Å². The molecule has 2 heterocycles. The first-order valence-corrected chi connectivity index (χ1v) is 11.3. The fourth-order valence-corrected chi connectivity index (χ4v) is 3.78. The number of hydrogen-bond donors (Lipinski definition) is 1. The van der Waals surface area contributed by atoms with E-state index in [1.807, 2.05) is 50.5 Å². The molecule has 0 spiro atoms. The summed E-state index contributed by atoms with van der Waals surface area (Å²) in [5, 5.41) is 2.79. The van der Waals surface area contributed by atoms with Gasteiger partial charge >= 0.3 is 174 Å². The van der Waals surface area contributed by atoms with Gasteiger partial charge in [0, 0.05) is 0 Å². The molecule has 1 aromatic carbocycles. The number of aromatic nitrogens is 2. The van der Waals surface area contributed by atoms with Gasteiger partial charge in [-0.25, -0.2) is 0 Å². The Kier molecular flexibility index (Phi) is 7.97. The first-order valence-electron chi connectivity index (χ1n) is 9.82. The molecule has 3 rings (SSSR count). The quantitative estimate of drug-likeness (QED) is 0.557. The van der Waals surface area contributed by atoms with Crippen molar-refractivity contribution < 1.29 is 33.6 Å². The number of benzene rings is 1. The zero-order valence-corrected chi connectivity index (χ0v) is 20.0. The Labute approximate surface area is 187 Å². The van der Waals surface area contributed by atoms with Crippen LogP contribution in [0.3, 0.4) is 0 Å². The van der Waals surface area contributed by atoms with Crippen molar-refractivity contribution in [3.8, 4) is 11.5 Å². The van der Waals surface area contributed by atoms with E-state index in [1.165, 1.54) is 19.4 Å². The van der Waals surface area contributed by atoms with Crippen LogP contribution in [0.2, 0.25) is 0 Å². The van der Waals surface area contributed by atoms with Gasteiger partial charge in [0.05, 0.1) is 0 Å². The van der Waals surface area contributed by atoms with Crippen molar-refractivity contribution in [2.24, 2.45) is 0 Å². The van der Waals surface area contributed by atoms with Crippen molar-refractivity contribution in [2.45, 2.75) is 32.9 Å². The van der Waals surface area contributed by atoms with E-state index in [9.17, 15) is 4.79 Å². The molecule has 0 atom stereocenters. The van der Waals surface area contributed by atoms with Crippen LogP contribution in [0.4, 0.5) is 0 Å².